The molecule has 13 heteroatoms. The van der Waals surface area contributed by atoms with Gasteiger partial charge in [-0.05, 0) is 75.8 Å². The molecule has 0 aromatic heterocycles. The molecular weight excluding hydrogens is 508 g/mol. The second-order valence-electron chi connectivity index (χ2n) is 9.88. The van der Waals surface area contributed by atoms with Gasteiger partial charge in [-0.2, -0.15) is 0 Å². The number of carbonyl (C=O) groups excluding carboxylic acids is 6. The van der Waals surface area contributed by atoms with Crippen molar-refractivity contribution in [3.05, 3.63) is 0 Å². The van der Waals surface area contributed by atoms with Crippen molar-refractivity contribution in [3.63, 3.8) is 0 Å². The van der Waals surface area contributed by atoms with Crippen molar-refractivity contribution >= 4 is 46.4 Å². The van der Waals surface area contributed by atoms with E-state index in [0.29, 0.717) is 44.9 Å². The van der Waals surface area contributed by atoms with Crippen LogP contribution in [0.25, 0.3) is 0 Å². The average molecular weight is 545 g/mol. The standard InChI is InChI=1S/C12H18N2O4.C7H11ClO2.C5H8N2O2/c15-8-3-1-7(2-4-8)11(17)13-9-5-6-10(16)14-12(9)18;8-7(10)5-1-3-6(9)4-2-5;6-3-1-2-4(8)7-5(3)9/h7-9,15H,1-6H2,(H,13,17)(H,14,16,18);5-6,9H,1-4H2;3H,1-2,6H2,(H,7,8,9). The molecule has 0 aromatic rings. The highest BCUT2D eigenvalue weighted by molar-refractivity contribution is 6.63. The summed E-state index contributed by atoms with van der Waals surface area (Å²) in [6.07, 6.45) is 6.50. The Balaban J connectivity index is 0.000000214. The lowest BCUT2D eigenvalue weighted by atomic mass is 9.86. The molecule has 4 aliphatic rings. The first-order chi connectivity index (χ1) is 17.5. The Morgan fingerprint density at radius 1 is 0.730 bits per heavy atom. The van der Waals surface area contributed by atoms with Gasteiger partial charge in [0.1, 0.15) is 6.04 Å². The number of carbonyl (C=O) groups is 6. The van der Waals surface area contributed by atoms with Gasteiger partial charge >= 0.3 is 0 Å². The Hall–Kier alpha value is -2.41. The molecule has 4 fully saturated rings. The fourth-order valence-corrected chi connectivity index (χ4v) is 4.69. The minimum atomic E-state index is -0.595. The van der Waals surface area contributed by atoms with Gasteiger partial charge in [-0.15, -0.1) is 0 Å². The number of aliphatic hydroxyl groups excluding tert-OH is 2. The second-order valence-corrected chi connectivity index (χ2v) is 10.3. The van der Waals surface area contributed by atoms with Crippen LogP contribution in [0, 0.1) is 11.8 Å². The van der Waals surface area contributed by atoms with Crippen LogP contribution in [0.2, 0.25) is 0 Å². The Labute approximate surface area is 220 Å². The monoisotopic (exact) mass is 544 g/mol. The highest BCUT2D eigenvalue weighted by atomic mass is 35.5. The number of hydrogen-bond donors (Lipinski definition) is 6. The summed E-state index contributed by atoms with van der Waals surface area (Å²) < 4.78 is 0. The van der Waals surface area contributed by atoms with Crippen molar-refractivity contribution in [2.24, 2.45) is 17.6 Å². The molecule has 2 unspecified atom stereocenters. The summed E-state index contributed by atoms with van der Waals surface area (Å²) in [5.74, 6) is -1.55. The summed E-state index contributed by atoms with van der Waals surface area (Å²) in [7, 11) is 0. The van der Waals surface area contributed by atoms with Crippen LogP contribution in [0.4, 0.5) is 0 Å². The van der Waals surface area contributed by atoms with Crippen LogP contribution in [-0.4, -0.2) is 69.3 Å². The molecule has 0 aromatic carbocycles. The Bertz CT molecular complexity index is 854. The van der Waals surface area contributed by atoms with Crippen molar-refractivity contribution in [1.29, 1.82) is 0 Å². The lowest BCUT2D eigenvalue weighted by Gasteiger charge is -2.27. The molecule has 5 amide bonds. The third kappa shape index (κ3) is 10.8. The molecule has 0 radical (unpaired) electrons. The average Bonchev–Trinajstić information content (AvgIpc) is 2.85. The fraction of sp³-hybridized carbons (Fsp3) is 0.750. The molecule has 37 heavy (non-hydrogen) atoms. The zero-order valence-corrected chi connectivity index (χ0v) is 21.5. The van der Waals surface area contributed by atoms with Crippen LogP contribution in [0.15, 0.2) is 0 Å². The molecule has 2 aliphatic heterocycles. The second kappa shape index (κ2) is 15.1. The number of piperidine rings is 2. The first kappa shape index (κ1) is 30.8. The van der Waals surface area contributed by atoms with Crippen LogP contribution in [-0.2, 0) is 28.8 Å². The van der Waals surface area contributed by atoms with E-state index in [1.54, 1.807) is 0 Å². The summed E-state index contributed by atoms with van der Waals surface area (Å²) in [5.41, 5.74) is 5.28. The van der Waals surface area contributed by atoms with E-state index >= 15 is 0 Å². The van der Waals surface area contributed by atoms with E-state index in [2.05, 4.69) is 16.0 Å². The van der Waals surface area contributed by atoms with Crippen molar-refractivity contribution in [1.82, 2.24) is 16.0 Å². The van der Waals surface area contributed by atoms with Crippen LogP contribution < -0.4 is 21.7 Å². The summed E-state index contributed by atoms with van der Waals surface area (Å²) in [6.45, 7) is 0. The van der Waals surface area contributed by atoms with E-state index < -0.39 is 18.0 Å². The Morgan fingerprint density at radius 2 is 1.19 bits per heavy atom. The van der Waals surface area contributed by atoms with E-state index in [1.165, 1.54) is 0 Å². The predicted octanol–water partition coefficient (Wildman–Crippen LogP) is -0.488. The smallest absolute Gasteiger partial charge is 0.249 e. The van der Waals surface area contributed by atoms with E-state index in [4.69, 9.17) is 22.4 Å². The fourth-order valence-electron chi connectivity index (χ4n) is 4.47. The van der Waals surface area contributed by atoms with Gasteiger partial charge in [0.15, 0.2) is 0 Å². The Morgan fingerprint density at radius 3 is 1.62 bits per heavy atom. The van der Waals surface area contributed by atoms with Gasteiger partial charge in [0.2, 0.25) is 34.8 Å². The quantitative estimate of drug-likeness (QED) is 0.200. The van der Waals surface area contributed by atoms with E-state index in [-0.39, 0.29) is 59.3 Å². The van der Waals surface area contributed by atoms with Gasteiger partial charge in [-0.1, -0.05) is 0 Å². The first-order valence-corrected chi connectivity index (χ1v) is 13.1. The number of rotatable bonds is 3. The van der Waals surface area contributed by atoms with Gasteiger partial charge in [0, 0.05) is 24.7 Å². The number of amides is 5. The number of imide groups is 2. The molecule has 208 valence electrons. The van der Waals surface area contributed by atoms with Gasteiger partial charge in [-0.3, -0.25) is 39.4 Å². The number of aliphatic hydroxyl groups is 2. The van der Waals surface area contributed by atoms with Crippen LogP contribution in [0.3, 0.4) is 0 Å². The highest BCUT2D eigenvalue weighted by Crippen LogP contribution is 2.26. The van der Waals surface area contributed by atoms with Gasteiger partial charge < -0.3 is 21.3 Å². The summed E-state index contributed by atoms with van der Waals surface area (Å²) in [4.78, 5) is 66.0. The maximum atomic E-state index is 11.9. The minimum absolute atomic E-state index is 0.00469. The topological polar surface area (TPSA) is 205 Å². The zero-order valence-electron chi connectivity index (χ0n) is 20.7. The van der Waals surface area contributed by atoms with Crippen LogP contribution >= 0.6 is 11.6 Å². The molecule has 2 saturated heterocycles. The van der Waals surface area contributed by atoms with Crippen molar-refractivity contribution in [2.45, 2.75) is 101 Å². The minimum Gasteiger partial charge on any atom is -0.393 e. The lowest BCUT2D eigenvalue weighted by molar-refractivity contribution is -0.138. The van der Waals surface area contributed by atoms with E-state index in [0.717, 1.165) is 25.7 Å². The van der Waals surface area contributed by atoms with Gasteiger partial charge in [0.05, 0.1) is 18.2 Å². The first-order valence-electron chi connectivity index (χ1n) is 12.7. The molecule has 2 saturated carbocycles. The largest absolute Gasteiger partial charge is 0.393 e. The Kier molecular flexibility index (Phi) is 12.6. The van der Waals surface area contributed by atoms with Gasteiger partial charge in [0.25, 0.3) is 0 Å². The normalized spacial score (nSPS) is 31.9. The molecule has 12 nitrogen and oxygen atoms in total. The summed E-state index contributed by atoms with van der Waals surface area (Å²) in [5, 5.41) is 25.2. The molecule has 0 bridgehead atoms. The molecule has 0 spiro atoms. The number of nitrogens with two attached hydrogens (primary N) is 1. The molecule has 2 heterocycles. The van der Waals surface area contributed by atoms with Crippen LogP contribution in [0.5, 0.6) is 0 Å². The molecule has 2 atom stereocenters. The number of nitrogens with one attached hydrogen (secondary N) is 3. The van der Waals surface area contributed by atoms with Crippen molar-refractivity contribution in [2.75, 3.05) is 0 Å². The third-order valence-electron chi connectivity index (χ3n) is 6.92. The van der Waals surface area contributed by atoms with E-state index in [9.17, 15) is 33.9 Å². The summed E-state index contributed by atoms with van der Waals surface area (Å²) >= 11 is 5.28. The number of hydrogen-bond acceptors (Lipinski definition) is 9. The molecule has 4 rings (SSSR count). The predicted molar refractivity (Wildman–Crippen MR) is 131 cm³/mol. The third-order valence-corrected chi connectivity index (χ3v) is 7.23. The molecule has 7 N–H and O–H groups in total. The zero-order chi connectivity index (χ0) is 27.5. The number of halogens is 1. The summed E-state index contributed by atoms with van der Waals surface area (Å²) in [6, 6.07) is -1.08. The van der Waals surface area contributed by atoms with Crippen molar-refractivity contribution in [3.8, 4) is 0 Å². The van der Waals surface area contributed by atoms with E-state index in [1.807, 2.05) is 0 Å². The highest BCUT2D eigenvalue weighted by Gasteiger charge is 2.31. The maximum absolute atomic E-state index is 11.9. The molecule has 2 aliphatic carbocycles. The van der Waals surface area contributed by atoms with Crippen molar-refractivity contribution < 1.29 is 39.0 Å². The van der Waals surface area contributed by atoms with Crippen LogP contribution in [0.1, 0.15) is 77.0 Å². The molecular formula is C24H37ClN4O8. The lowest BCUT2D eigenvalue weighted by Crippen LogP contribution is -2.53. The SMILES string of the molecule is NC1CCC(=O)NC1=O.O=C(Cl)C1CCC(O)CC1.O=C1CCC(NC(=O)C2CCC(O)CC2)C(=O)N1. The maximum Gasteiger partial charge on any atom is 0.249 e. The van der Waals surface area contributed by atoms with Gasteiger partial charge in [-0.25, -0.2) is 0 Å².